The number of rotatable bonds is 7. The maximum atomic E-state index is 12.6. The minimum absolute atomic E-state index is 0.145. The molecule has 0 spiro atoms. The summed E-state index contributed by atoms with van der Waals surface area (Å²) in [5.41, 5.74) is 3.18. The molecule has 2 amide bonds. The van der Waals surface area contributed by atoms with Gasteiger partial charge in [-0.3, -0.25) is 9.59 Å². The van der Waals surface area contributed by atoms with Crippen molar-refractivity contribution >= 4 is 68.4 Å². The molecule has 0 radical (unpaired) electrons. The smallest absolute Gasteiger partial charge is 0.253 e. The van der Waals surface area contributed by atoms with Crippen LogP contribution >= 0.6 is 50.9 Å². The number of benzene rings is 2. The molecule has 174 valence electrons. The van der Waals surface area contributed by atoms with Gasteiger partial charge in [-0.25, -0.2) is 0 Å². The van der Waals surface area contributed by atoms with Gasteiger partial charge < -0.3 is 15.2 Å². The SMILES string of the molecule is Cc1c(Br)ccc(NC(=O)CSc2nnc([C@H](C)NC(=O)c3ccc(Cl)cc3Cl)n2C)c1C. The van der Waals surface area contributed by atoms with E-state index in [0.717, 1.165) is 21.3 Å². The van der Waals surface area contributed by atoms with Crippen LogP contribution in [0.2, 0.25) is 10.0 Å². The van der Waals surface area contributed by atoms with Crippen LogP contribution in [0.5, 0.6) is 0 Å². The predicted molar refractivity (Wildman–Crippen MR) is 136 cm³/mol. The highest BCUT2D eigenvalue weighted by Crippen LogP contribution is 2.27. The molecule has 0 saturated heterocycles. The zero-order chi connectivity index (χ0) is 24.3. The molecular formula is C22H22BrCl2N5O2S. The Morgan fingerprint density at radius 3 is 2.58 bits per heavy atom. The van der Waals surface area contributed by atoms with Gasteiger partial charge in [-0.2, -0.15) is 0 Å². The summed E-state index contributed by atoms with van der Waals surface area (Å²) in [6, 6.07) is 8.03. The van der Waals surface area contributed by atoms with E-state index in [4.69, 9.17) is 23.2 Å². The molecule has 2 aromatic carbocycles. The molecule has 1 aromatic heterocycles. The van der Waals surface area contributed by atoms with Gasteiger partial charge in [-0.1, -0.05) is 50.9 Å². The van der Waals surface area contributed by atoms with Crippen molar-refractivity contribution < 1.29 is 9.59 Å². The highest BCUT2D eigenvalue weighted by Gasteiger charge is 2.20. The summed E-state index contributed by atoms with van der Waals surface area (Å²) in [7, 11) is 1.79. The van der Waals surface area contributed by atoms with E-state index >= 15 is 0 Å². The van der Waals surface area contributed by atoms with Crippen LogP contribution < -0.4 is 10.6 Å². The van der Waals surface area contributed by atoms with Crippen LogP contribution in [0.3, 0.4) is 0 Å². The zero-order valence-electron chi connectivity index (χ0n) is 18.4. The summed E-state index contributed by atoms with van der Waals surface area (Å²) in [6.45, 7) is 5.75. The number of nitrogens with one attached hydrogen (secondary N) is 2. The van der Waals surface area contributed by atoms with E-state index in [-0.39, 0.29) is 22.6 Å². The largest absolute Gasteiger partial charge is 0.342 e. The van der Waals surface area contributed by atoms with Crippen LogP contribution in [-0.4, -0.2) is 32.3 Å². The second-order valence-electron chi connectivity index (χ2n) is 7.40. The summed E-state index contributed by atoms with van der Waals surface area (Å²) in [5.74, 6) is 0.228. The van der Waals surface area contributed by atoms with Crippen LogP contribution in [-0.2, 0) is 11.8 Å². The standard InChI is InChI=1S/C22H22BrCl2N5O2S/c1-11-12(2)18(8-7-16(11)23)27-19(31)10-33-22-29-28-20(30(22)4)13(3)26-21(32)15-6-5-14(24)9-17(15)25/h5-9,13H,10H2,1-4H3,(H,26,32)(H,27,31)/t13-/m0/s1. The highest BCUT2D eigenvalue weighted by atomic mass is 79.9. The molecule has 0 aliphatic carbocycles. The van der Waals surface area contributed by atoms with Crippen molar-refractivity contribution in [3.05, 3.63) is 67.4 Å². The molecule has 1 heterocycles. The molecule has 1 atom stereocenters. The number of hydrogen-bond acceptors (Lipinski definition) is 5. The number of thioether (sulfide) groups is 1. The lowest BCUT2D eigenvalue weighted by Gasteiger charge is -2.14. The maximum absolute atomic E-state index is 12.6. The normalized spacial score (nSPS) is 11.8. The third-order valence-corrected chi connectivity index (χ3v) is 7.53. The Morgan fingerprint density at radius 1 is 1.15 bits per heavy atom. The van der Waals surface area contributed by atoms with Gasteiger partial charge in [0.05, 0.1) is 22.4 Å². The molecule has 3 rings (SSSR count). The number of carbonyl (C=O) groups excluding carboxylic acids is 2. The van der Waals surface area contributed by atoms with Crippen molar-refractivity contribution in [1.29, 1.82) is 0 Å². The fraction of sp³-hybridized carbons (Fsp3) is 0.273. The van der Waals surface area contributed by atoms with Gasteiger partial charge in [0.25, 0.3) is 5.91 Å². The van der Waals surface area contributed by atoms with E-state index in [2.05, 4.69) is 36.8 Å². The molecule has 0 aliphatic rings. The molecule has 11 heteroatoms. The number of carbonyl (C=O) groups is 2. The Kier molecular flexibility index (Phi) is 8.44. The van der Waals surface area contributed by atoms with Gasteiger partial charge >= 0.3 is 0 Å². The third kappa shape index (κ3) is 6.09. The summed E-state index contributed by atoms with van der Waals surface area (Å²) in [4.78, 5) is 25.0. The second-order valence-corrected chi connectivity index (χ2v) is 10.0. The molecule has 0 saturated carbocycles. The first-order valence-electron chi connectivity index (χ1n) is 9.92. The molecule has 0 aliphatic heterocycles. The van der Waals surface area contributed by atoms with Crippen LogP contribution in [0.4, 0.5) is 5.69 Å². The van der Waals surface area contributed by atoms with Crippen LogP contribution in [0.25, 0.3) is 0 Å². The minimum Gasteiger partial charge on any atom is -0.342 e. The molecule has 33 heavy (non-hydrogen) atoms. The van der Waals surface area contributed by atoms with E-state index < -0.39 is 6.04 Å². The van der Waals surface area contributed by atoms with Crippen molar-refractivity contribution in [3.63, 3.8) is 0 Å². The first-order chi connectivity index (χ1) is 15.6. The number of anilines is 1. The molecule has 0 unspecified atom stereocenters. The number of halogens is 3. The van der Waals surface area contributed by atoms with Gasteiger partial charge in [0.1, 0.15) is 0 Å². The first kappa shape index (κ1) is 25.6. The summed E-state index contributed by atoms with van der Waals surface area (Å²) < 4.78 is 2.75. The minimum atomic E-state index is -0.432. The monoisotopic (exact) mass is 569 g/mol. The van der Waals surface area contributed by atoms with Gasteiger partial charge in [0, 0.05) is 22.2 Å². The average Bonchev–Trinajstić information content (AvgIpc) is 3.13. The average molecular weight is 571 g/mol. The zero-order valence-corrected chi connectivity index (χ0v) is 22.3. The maximum Gasteiger partial charge on any atom is 0.253 e. The topological polar surface area (TPSA) is 88.9 Å². The number of aromatic nitrogens is 3. The number of hydrogen-bond donors (Lipinski definition) is 2. The van der Waals surface area contributed by atoms with Crippen molar-refractivity contribution in [2.45, 2.75) is 32.0 Å². The second kappa shape index (κ2) is 10.9. The van der Waals surface area contributed by atoms with Crippen molar-refractivity contribution in [1.82, 2.24) is 20.1 Å². The lowest BCUT2D eigenvalue weighted by Crippen LogP contribution is -2.28. The van der Waals surface area contributed by atoms with Crippen molar-refractivity contribution in [2.75, 3.05) is 11.1 Å². The lowest BCUT2D eigenvalue weighted by molar-refractivity contribution is -0.113. The molecular weight excluding hydrogens is 549 g/mol. The van der Waals surface area contributed by atoms with Crippen molar-refractivity contribution in [2.24, 2.45) is 7.05 Å². The van der Waals surface area contributed by atoms with E-state index in [1.165, 1.54) is 17.8 Å². The molecule has 0 fully saturated rings. The van der Waals surface area contributed by atoms with Gasteiger partial charge in [0.2, 0.25) is 5.91 Å². The van der Waals surface area contributed by atoms with E-state index in [1.54, 1.807) is 30.7 Å². The summed E-state index contributed by atoms with van der Waals surface area (Å²) in [6.07, 6.45) is 0. The number of amides is 2. The Labute approximate surface area is 214 Å². The molecule has 0 bridgehead atoms. The molecule has 3 aromatic rings. The molecule has 2 N–H and O–H groups in total. The van der Waals surface area contributed by atoms with Crippen LogP contribution in [0.1, 0.15) is 40.3 Å². The quantitative estimate of drug-likeness (QED) is 0.354. The number of nitrogens with zero attached hydrogens (tertiary/aromatic N) is 3. The predicted octanol–water partition coefficient (Wildman–Crippen LogP) is 5.72. The fourth-order valence-corrected chi connectivity index (χ4v) is 4.72. The van der Waals surface area contributed by atoms with Crippen molar-refractivity contribution in [3.8, 4) is 0 Å². The first-order valence-corrected chi connectivity index (χ1v) is 12.5. The molecule has 7 nitrogen and oxygen atoms in total. The van der Waals surface area contributed by atoms with E-state index in [0.29, 0.717) is 21.6 Å². The van der Waals surface area contributed by atoms with E-state index in [9.17, 15) is 9.59 Å². The van der Waals surface area contributed by atoms with E-state index in [1.807, 2.05) is 26.0 Å². The Hall–Kier alpha value is -2.07. The van der Waals surface area contributed by atoms with Crippen LogP contribution in [0.15, 0.2) is 40.0 Å². The summed E-state index contributed by atoms with van der Waals surface area (Å²) in [5, 5.41) is 15.4. The van der Waals surface area contributed by atoms with Crippen LogP contribution in [0, 0.1) is 13.8 Å². The van der Waals surface area contributed by atoms with Gasteiger partial charge in [0.15, 0.2) is 11.0 Å². The third-order valence-electron chi connectivity index (χ3n) is 5.11. The Morgan fingerprint density at radius 2 is 1.88 bits per heavy atom. The van der Waals surface area contributed by atoms with Gasteiger partial charge in [-0.15, -0.1) is 10.2 Å². The fourth-order valence-electron chi connectivity index (χ4n) is 3.08. The van der Waals surface area contributed by atoms with Gasteiger partial charge in [-0.05, 0) is 62.2 Å². The Bertz CT molecular complexity index is 1220. The Balaban J connectivity index is 1.61. The lowest BCUT2D eigenvalue weighted by atomic mass is 10.1. The highest BCUT2D eigenvalue weighted by molar-refractivity contribution is 9.10. The summed E-state index contributed by atoms with van der Waals surface area (Å²) >= 11 is 16.8.